The Hall–Kier alpha value is -1.98. The molecular weight excluding hydrogens is 204 g/mol. The van der Waals surface area contributed by atoms with Gasteiger partial charge >= 0.3 is 0 Å². The molecule has 6 nitrogen and oxygen atoms in total. The maximum Gasteiger partial charge on any atom is 0.184 e. The van der Waals surface area contributed by atoms with Crippen LogP contribution >= 0.6 is 0 Å². The fourth-order valence-corrected chi connectivity index (χ4v) is 1.57. The Kier molecular flexibility index (Phi) is 2.80. The average Bonchev–Trinajstić information content (AvgIpc) is 2.83. The van der Waals surface area contributed by atoms with Gasteiger partial charge in [-0.15, -0.1) is 0 Å². The van der Waals surface area contributed by atoms with Crippen LogP contribution in [0.4, 0.5) is 5.82 Å². The van der Waals surface area contributed by atoms with Gasteiger partial charge in [0.15, 0.2) is 5.82 Å². The normalized spacial score (nSPS) is 10.4. The maximum atomic E-state index is 4.47. The summed E-state index contributed by atoms with van der Waals surface area (Å²) in [5.41, 5.74) is 2.76. The molecule has 2 heterocycles. The molecule has 0 aliphatic heterocycles. The molecule has 2 N–H and O–H groups in total. The van der Waals surface area contributed by atoms with Crippen LogP contribution in [0.5, 0.6) is 0 Å². The third-order valence-corrected chi connectivity index (χ3v) is 2.46. The molecule has 16 heavy (non-hydrogen) atoms. The largest absolute Gasteiger partial charge is 0.373 e. The van der Waals surface area contributed by atoms with Crippen molar-refractivity contribution < 1.29 is 0 Å². The Morgan fingerprint density at radius 3 is 2.75 bits per heavy atom. The Labute approximate surface area is 93.5 Å². The van der Waals surface area contributed by atoms with Gasteiger partial charge in [-0.25, -0.2) is 9.97 Å². The summed E-state index contributed by atoms with van der Waals surface area (Å²) in [5.74, 6) is 1.44. The van der Waals surface area contributed by atoms with E-state index in [0.29, 0.717) is 11.5 Å². The van der Waals surface area contributed by atoms with Crippen molar-refractivity contribution in [3.05, 3.63) is 17.5 Å². The molecule has 2 rings (SSSR count). The van der Waals surface area contributed by atoms with Gasteiger partial charge < -0.3 is 5.32 Å². The molecule has 0 aromatic carbocycles. The summed E-state index contributed by atoms with van der Waals surface area (Å²) in [4.78, 5) is 8.87. The first-order valence-corrected chi connectivity index (χ1v) is 5.17. The monoisotopic (exact) mass is 218 g/mol. The number of aromatic amines is 1. The van der Waals surface area contributed by atoms with E-state index in [1.165, 1.54) is 0 Å². The number of nitrogens with one attached hydrogen (secondary N) is 2. The molecule has 6 heteroatoms. The summed E-state index contributed by atoms with van der Waals surface area (Å²) in [6.07, 6.45) is 2.48. The minimum atomic E-state index is 0.598. The molecule has 0 saturated carbocycles. The summed E-state index contributed by atoms with van der Waals surface area (Å²) in [6, 6.07) is 0. The fraction of sp³-hybridized carbons (Fsp3) is 0.400. The minimum absolute atomic E-state index is 0.598. The lowest BCUT2D eigenvalue weighted by Crippen LogP contribution is -2.04. The van der Waals surface area contributed by atoms with Gasteiger partial charge in [-0.1, -0.05) is 6.92 Å². The van der Waals surface area contributed by atoms with Crippen LogP contribution < -0.4 is 5.32 Å². The number of hydrogen-bond acceptors (Lipinski definition) is 5. The minimum Gasteiger partial charge on any atom is -0.373 e. The lowest BCUT2D eigenvalue weighted by atomic mass is 10.2. The first kappa shape index (κ1) is 10.5. The van der Waals surface area contributed by atoms with E-state index >= 15 is 0 Å². The van der Waals surface area contributed by atoms with Gasteiger partial charge in [-0.05, 0) is 13.3 Å². The molecule has 84 valence electrons. The van der Waals surface area contributed by atoms with Gasteiger partial charge in [0.2, 0.25) is 0 Å². The molecule has 2 aromatic heterocycles. The number of nitrogens with zero attached hydrogens (tertiary/aromatic N) is 4. The van der Waals surface area contributed by atoms with Crippen molar-refractivity contribution in [2.24, 2.45) is 0 Å². The van der Waals surface area contributed by atoms with Crippen LogP contribution in [0.3, 0.4) is 0 Å². The van der Waals surface area contributed by atoms with Crippen molar-refractivity contribution in [1.82, 2.24) is 25.4 Å². The molecule has 0 saturated heterocycles. The van der Waals surface area contributed by atoms with E-state index in [-0.39, 0.29) is 0 Å². The van der Waals surface area contributed by atoms with E-state index < -0.39 is 0 Å². The van der Waals surface area contributed by atoms with Gasteiger partial charge in [-0.3, -0.25) is 0 Å². The van der Waals surface area contributed by atoms with Crippen LogP contribution in [0.15, 0.2) is 6.20 Å². The SMILES string of the molecule is CCc1nc(-c2cn[nH]n2)nc(NC)c1C. The van der Waals surface area contributed by atoms with Gasteiger partial charge in [0.05, 0.1) is 6.20 Å². The first-order valence-electron chi connectivity index (χ1n) is 5.17. The highest BCUT2D eigenvalue weighted by Gasteiger charge is 2.11. The Morgan fingerprint density at radius 2 is 2.19 bits per heavy atom. The average molecular weight is 218 g/mol. The molecule has 0 bridgehead atoms. The van der Waals surface area contributed by atoms with Gasteiger partial charge in [-0.2, -0.15) is 15.4 Å². The van der Waals surface area contributed by atoms with Crippen molar-refractivity contribution >= 4 is 5.82 Å². The lowest BCUT2D eigenvalue weighted by Gasteiger charge is -2.09. The number of rotatable bonds is 3. The number of H-pyrrole nitrogens is 1. The Bertz CT molecular complexity index is 451. The quantitative estimate of drug-likeness (QED) is 0.808. The number of hydrogen-bond donors (Lipinski definition) is 2. The second-order valence-electron chi connectivity index (χ2n) is 3.43. The van der Waals surface area contributed by atoms with E-state index in [9.17, 15) is 0 Å². The van der Waals surface area contributed by atoms with Crippen molar-refractivity contribution in [3.8, 4) is 11.5 Å². The van der Waals surface area contributed by atoms with Crippen molar-refractivity contribution in [2.75, 3.05) is 12.4 Å². The van der Waals surface area contributed by atoms with Crippen LogP contribution in [0.2, 0.25) is 0 Å². The summed E-state index contributed by atoms with van der Waals surface area (Å²) in [5, 5.41) is 13.4. The molecule has 2 aromatic rings. The van der Waals surface area contributed by atoms with E-state index in [4.69, 9.17) is 0 Å². The molecule has 0 aliphatic rings. The summed E-state index contributed by atoms with van der Waals surface area (Å²) < 4.78 is 0. The predicted octanol–water partition coefficient (Wildman–Crippen LogP) is 1.17. The molecule has 0 amide bonds. The van der Waals surface area contributed by atoms with Crippen LogP contribution in [-0.2, 0) is 6.42 Å². The van der Waals surface area contributed by atoms with E-state index in [1.807, 2.05) is 14.0 Å². The van der Waals surface area contributed by atoms with Crippen molar-refractivity contribution in [3.63, 3.8) is 0 Å². The van der Waals surface area contributed by atoms with E-state index in [0.717, 1.165) is 23.5 Å². The topological polar surface area (TPSA) is 79.4 Å². The van der Waals surface area contributed by atoms with Crippen LogP contribution in [0.25, 0.3) is 11.5 Å². The number of aryl methyl sites for hydroxylation is 1. The smallest absolute Gasteiger partial charge is 0.184 e. The standard InChI is InChI=1S/C10H14N6/c1-4-7-6(2)9(11-3)14-10(13-7)8-5-12-16-15-8/h5H,4H2,1-3H3,(H,11,13,14)(H,12,15,16). The van der Waals surface area contributed by atoms with E-state index in [2.05, 4.69) is 37.6 Å². The highest BCUT2D eigenvalue weighted by atomic mass is 15.3. The van der Waals surface area contributed by atoms with Crippen LogP contribution in [-0.4, -0.2) is 32.4 Å². The lowest BCUT2D eigenvalue weighted by molar-refractivity contribution is 0.930. The van der Waals surface area contributed by atoms with Gasteiger partial charge in [0, 0.05) is 18.3 Å². The third kappa shape index (κ3) is 1.73. The molecule has 0 atom stereocenters. The van der Waals surface area contributed by atoms with Crippen LogP contribution in [0.1, 0.15) is 18.2 Å². The summed E-state index contributed by atoms with van der Waals surface area (Å²) >= 11 is 0. The second kappa shape index (κ2) is 4.26. The molecule has 0 aliphatic carbocycles. The zero-order valence-electron chi connectivity index (χ0n) is 9.57. The predicted molar refractivity (Wildman–Crippen MR) is 61.1 cm³/mol. The second-order valence-corrected chi connectivity index (χ2v) is 3.43. The highest BCUT2D eigenvalue weighted by Crippen LogP contribution is 2.19. The van der Waals surface area contributed by atoms with Gasteiger partial charge in [0.1, 0.15) is 11.5 Å². The van der Waals surface area contributed by atoms with Crippen molar-refractivity contribution in [1.29, 1.82) is 0 Å². The summed E-state index contributed by atoms with van der Waals surface area (Å²) in [7, 11) is 1.85. The third-order valence-electron chi connectivity index (χ3n) is 2.46. The highest BCUT2D eigenvalue weighted by molar-refractivity contribution is 5.55. The zero-order valence-corrected chi connectivity index (χ0v) is 9.57. The molecule has 0 unspecified atom stereocenters. The molecular formula is C10H14N6. The Balaban J connectivity index is 2.56. The first-order chi connectivity index (χ1) is 7.76. The molecule has 0 radical (unpaired) electrons. The summed E-state index contributed by atoms with van der Waals surface area (Å²) in [6.45, 7) is 4.08. The zero-order chi connectivity index (χ0) is 11.5. The Morgan fingerprint density at radius 1 is 1.38 bits per heavy atom. The number of aromatic nitrogens is 5. The fourth-order valence-electron chi connectivity index (χ4n) is 1.57. The van der Waals surface area contributed by atoms with Crippen LogP contribution in [0, 0.1) is 6.92 Å². The van der Waals surface area contributed by atoms with Crippen molar-refractivity contribution in [2.45, 2.75) is 20.3 Å². The van der Waals surface area contributed by atoms with E-state index in [1.54, 1.807) is 6.20 Å². The maximum absolute atomic E-state index is 4.47. The molecule has 0 fully saturated rings. The number of anilines is 1. The molecule has 0 spiro atoms. The van der Waals surface area contributed by atoms with Gasteiger partial charge in [0.25, 0.3) is 0 Å².